The maximum Gasteiger partial charge on any atom is 0.355 e. The average Bonchev–Trinajstić information content (AvgIpc) is 1.68. The van der Waals surface area contributed by atoms with Crippen LogP contribution in [0.25, 0.3) is 0 Å². The molecule has 8 heavy (non-hydrogen) atoms. The van der Waals surface area contributed by atoms with Gasteiger partial charge in [0, 0.05) is 0 Å². The van der Waals surface area contributed by atoms with Gasteiger partial charge in [0.2, 0.25) is 6.41 Å². The van der Waals surface area contributed by atoms with Crippen molar-refractivity contribution in [3.05, 3.63) is 6.58 Å². The van der Waals surface area contributed by atoms with Crippen molar-refractivity contribution in [2.45, 2.75) is 0 Å². The van der Waals surface area contributed by atoms with E-state index in [-0.39, 0.29) is 6.41 Å². The summed E-state index contributed by atoms with van der Waals surface area (Å²) in [7, 11) is 0. The average molecular weight is 112 g/mol. The number of imide groups is 1. The molecule has 1 N–H and O–H groups in total. The Morgan fingerprint density at radius 3 is 2.88 bits per heavy atom. The quantitative estimate of drug-likeness (QED) is 0.374. The van der Waals surface area contributed by atoms with Crippen LogP contribution in [0.2, 0.25) is 0 Å². The Hall–Kier alpha value is -1.41. The van der Waals surface area contributed by atoms with E-state index in [1.54, 1.807) is 5.32 Å². The van der Waals surface area contributed by atoms with Gasteiger partial charge in [-0.1, -0.05) is 0 Å². The lowest BCUT2D eigenvalue weighted by atomic mass is 11.0. The van der Waals surface area contributed by atoms with Crippen LogP contribution in [0.5, 0.6) is 0 Å². The number of nitrogens with zero attached hydrogens (tertiary/aromatic N) is 1. The first-order chi connectivity index (χ1) is 3.81. The van der Waals surface area contributed by atoms with Gasteiger partial charge in [-0.25, -0.2) is 4.79 Å². The van der Waals surface area contributed by atoms with Crippen LogP contribution in [0.3, 0.4) is 0 Å². The molecule has 4 heteroatoms. The summed E-state index contributed by atoms with van der Waals surface area (Å²) in [6, 6.07) is -0.755. The van der Waals surface area contributed by atoms with Gasteiger partial charge in [0.25, 0.3) is 0 Å². The topological polar surface area (TPSA) is 58.5 Å². The highest BCUT2D eigenvalue weighted by atomic mass is 16.2. The molecular formula is C4H4N2O2. The molecule has 0 aliphatic carbocycles. The van der Waals surface area contributed by atoms with Crippen molar-refractivity contribution in [2.24, 2.45) is 4.99 Å². The molecule has 0 fully saturated rings. The highest BCUT2D eigenvalue weighted by Crippen LogP contribution is 1.63. The predicted molar refractivity (Wildman–Crippen MR) is 27.7 cm³/mol. The molecule has 0 aliphatic rings. The molecular weight excluding hydrogens is 108 g/mol. The molecule has 0 radical (unpaired) electrons. The molecule has 0 bridgehead atoms. The fourth-order valence-electron chi connectivity index (χ4n) is 0.154. The minimum Gasteiger partial charge on any atom is -0.278 e. The first kappa shape index (κ1) is 6.59. The van der Waals surface area contributed by atoms with E-state index in [4.69, 9.17) is 0 Å². The Kier molecular flexibility index (Phi) is 3.10. The maximum atomic E-state index is 10.0. The van der Waals surface area contributed by atoms with Gasteiger partial charge in [0.05, 0.1) is 0 Å². The van der Waals surface area contributed by atoms with Gasteiger partial charge >= 0.3 is 6.03 Å². The summed E-state index contributed by atoms with van der Waals surface area (Å²) in [5.74, 6) is 1.96. The lowest BCUT2D eigenvalue weighted by Gasteiger charge is -1.80. The van der Waals surface area contributed by atoms with Crippen molar-refractivity contribution in [3.8, 4) is 0 Å². The normalized spacial score (nSPS) is 6.50. The van der Waals surface area contributed by atoms with Gasteiger partial charge in [0.15, 0.2) is 0 Å². The van der Waals surface area contributed by atoms with E-state index in [9.17, 15) is 9.59 Å². The fourth-order valence-corrected chi connectivity index (χ4v) is 0.154. The van der Waals surface area contributed by atoms with Crippen LogP contribution < -0.4 is 5.32 Å². The van der Waals surface area contributed by atoms with Crippen molar-refractivity contribution in [2.75, 3.05) is 0 Å². The second-order valence-corrected chi connectivity index (χ2v) is 0.837. The Morgan fingerprint density at radius 2 is 2.50 bits per heavy atom. The van der Waals surface area contributed by atoms with Gasteiger partial charge in [-0.2, -0.15) is 0 Å². The molecule has 0 saturated carbocycles. The fraction of sp³-hybridized carbons (Fsp3) is 0. The molecule has 0 heterocycles. The number of carbonyl (C=O) groups is 2. The second-order valence-electron chi connectivity index (χ2n) is 0.837. The Labute approximate surface area is 45.9 Å². The Bertz CT molecular complexity index is 146. The predicted octanol–water partition coefficient (Wildman–Crippen LogP) is -0.292. The second kappa shape index (κ2) is 3.77. The molecule has 0 rings (SSSR count). The summed E-state index contributed by atoms with van der Waals surface area (Å²) in [6.07, 6.45) is 0.239. The van der Waals surface area contributed by atoms with Crippen molar-refractivity contribution >= 4 is 18.3 Å². The smallest absolute Gasteiger partial charge is 0.278 e. The number of hydrogen-bond donors (Lipinski definition) is 1. The van der Waals surface area contributed by atoms with Crippen LogP contribution in [-0.4, -0.2) is 18.3 Å². The van der Waals surface area contributed by atoms with Crippen molar-refractivity contribution in [3.63, 3.8) is 0 Å². The van der Waals surface area contributed by atoms with Gasteiger partial charge < -0.3 is 0 Å². The molecule has 0 aromatic rings. The molecule has 0 unspecified atom stereocenters. The molecule has 0 atom stereocenters. The maximum absolute atomic E-state index is 10.0. The molecule has 0 spiro atoms. The summed E-state index contributed by atoms with van der Waals surface area (Å²) < 4.78 is 0. The van der Waals surface area contributed by atoms with E-state index in [0.29, 0.717) is 0 Å². The van der Waals surface area contributed by atoms with E-state index in [0.717, 1.165) is 0 Å². The number of nitrogens with one attached hydrogen (secondary N) is 1. The van der Waals surface area contributed by atoms with Crippen LogP contribution in [0.4, 0.5) is 4.79 Å². The van der Waals surface area contributed by atoms with Gasteiger partial charge in [-0.3, -0.25) is 10.1 Å². The highest BCUT2D eigenvalue weighted by Gasteiger charge is 1.87. The van der Waals surface area contributed by atoms with Crippen molar-refractivity contribution in [1.82, 2.24) is 5.32 Å². The Morgan fingerprint density at radius 1 is 1.88 bits per heavy atom. The summed E-state index contributed by atoms with van der Waals surface area (Å²) >= 11 is 0. The minimum atomic E-state index is -0.755. The van der Waals surface area contributed by atoms with Crippen LogP contribution in [0.1, 0.15) is 0 Å². The van der Waals surface area contributed by atoms with E-state index < -0.39 is 6.03 Å². The molecule has 0 aliphatic heterocycles. The van der Waals surface area contributed by atoms with E-state index in [1.165, 1.54) is 0 Å². The summed E-state index contributed by atoms with van der Waals surface area (Å²) in [5, 5.41) is 1.76. The number of amides is 3. The third kappa shape index (κ3) is 2.81. The first-order valence-electron chi connectivity index (χ1n) is 1.78. The number of aliphatic imine (C=N–C) groups is 1. The number of rotatable bonds is 1. The van der Waals surface area contributed by atoms with Gasteiger partial charge in [0.1, 0.15) is 0 Å². The zero-order chi connectivity index (χ0) is 6.41. The standard InChI is InChI=1S/C4H4N2O2/c1-2-5-4(8)6-3-7/h3H,1H2,(H,6,7,8). The van der Waals surface area contributed by atoms with Crippen molar-refractivity contribution < 1.29 is 9.59 Å². The zero-order valence-corrected chi connectivity index (χ0v) is 4.05. The number of urea groups is 1. The van der Waals surface area contributed by atoms with Crippen molar-refractivity contribution in [1.29, 1.82) is 0 Å². The van der Waals surface area contributed by atoms with E-state index in [2.05, 4.69) is 11.6 Å². The lowest BCUT2D eigenvalue weighted by molar-refractivity contribution is -0.108. The van der Waals surface area contributed by atoms with Crippen LogP contribution in [-0.2, 0) is 4.79 Å². The summed E-state index contributed by atoms with van der Waals surface area (Å²) in [6.45, 7) is 3.01. The van der Waals surface area contributed by atoms with E-state index in [1.807, 2.05) is 5.87 Å². The molecule has 0 aromatic heterocycles. The molecule has 42 valence electrons. The zero-order valence-electron chi connectivity index (χ0n) is 4.05. The third-order valence-electron chi connectivity index (χ3n) is 0.363. The molecule has 3 amide bonds. The van der Waals surface area contributed by atoms with Gasteiger partial charge in [-0.05, 0) is 12.4 Å². The third-order valence-corrected chi connectivity index (χ3v) is 0.363. The van der Waals surface area contributed by atoms with Crippen LogP contribution >= 0.6 is 0 Å². The number of carbonyl (C=O) groups excluding carboxylic acids is 2. The van der Waals surface area contributed by atoms with Gasteiger partial charge in [-0.15, -0.1) is 4.99 Å². The first-order valence-corrected chi connectivity index (χ1v) is 1.78. The SMILES string of the molecule is C=C=NC(=O)NC=O. The largest absolute Gasteiger partial charge is 0.355 e. The summed E-state index contributed by atoms with van der Waals surface area (Å²) in [4.78, 5) is 22.5. The molecule has 4 nitrogen and oxygen atoms in total. The van der Waals surface area contributed by atoms with Crippen LogP contribution in [0.15, 0.2) is 11.6 Å². The lowest BCUT2D eigenvalue weighted by Crippen LogP contribution is -2.16. The van der Waals surface area contributed by atoms with E-state index >= 15 is 0 Å². The molecule has 0 aromatic carbocycles. The summed E-state index contributed by atoms with van der Waals surface area (Å²) in [5.41, 5.74) is 0. The molecule has 0 saturated heterocycles. The minimum absolute atomic E-state index is 0.239. The Balaban J connectivity index is 3.65. The number of hydrogen-bond acceptors (Lipinski definition) is 2. The monoisotopic (exact) mass is 112 g/mol. The highest BCUT2D eigenvalue weighted by molar-refractivity contribution is 5.88. The van der Waals surface area contributed by atoms with Crippen LogP contribution in [0, 0.1) is 0 Å².